The van der Waals surface area contributed by atoms with Crippen LogP contribution in [0, 0.1) is 5.41 Å². The Balaban J connectivity index is 1.68. The van der Waals surface area contributed by atoms with Gasteiger partial charge in [0.1, 0.15) is 0 Å². The van der Waals surface area contributed by atoms with Crippen LogP contribution in [0.5, 0.6) is 0 Å². The third-order valence-corrected chi connectivity index (χ3v) is 5.47. The second kappa shape index (κ2) is 7.95. The van der Waals surface area contributed by atoms with E-state index in [-0.39, 0.29) is 12.5 Å². The van der Waals surface area contributed by atoms with Gasteiger partial charge >= 0.3 is 5.97 Å². The van der Waals surface area contributed by atoms with Gasteiger partial charge in [-0.3, -0.25) is 9.59 Å². The second-order valence-electron chi connectivity index (χ2n) is 8.00. The molecule has 0 radical (unpaired) electrons. The number of hydrogen-bond donors (Lipinski definition) is 1. The maximum Gasteiger partial charge on any atom is 0.312 e. The largest absolute Gasteiger partial charge is 0.481 e. The summed E-state index contributed by atoms with van der Waals surface area (Å²) in [6, 6.07) is 17.8. The smallest absolute Gasteiger partial charge is 0.312 e. The number of aliphatic carboxylic acids is 1. The molecule has 0 spiro atoms. The van der Waals surface area contributed by atoms with Crippen LogP contribution in [-0.4, -0.2) is 28.4 Å². The molecule has 2 aromatic carbocycles. The summed E-state index contributed by atoms with van der Waals surface area (Å²) >= 11 is 0. The SMILES string of the molecule is CC(C)(CCCc1ccccc1)C(=O)N1Cc2ccccc2C(C(=O)O)C1. The molecule has 0 aliphatic carbocycles. The molecule has 2 aromatic rings. The quantitative estimate of drug-likeness (QED) is 0.833. The van der Waals surface area contributed by atoms with Crippen LogP contribution in [0.15, 0.2) is 54.6 Å². The maximum atomic E-state index is 13.2. The lowest BCUT2D eigenvalue weighted by Gasteiger charge is -2.37. The lowest BCUT2D eigenvalue weighted by Crippen LogP contribution is -2.46. The average molecular weight is 365 g/mol. The Morgan fingerprint density at radius 2 is 1.74 bits per heavy atom. The van der Waals surface area contributed by atoms with E-state index in [1.807, 2.05) is 56.3 Å². The van der Waals surface area contributed by atoms with Gasteiger partial charge in [-0.1, -0.05) is 68.4 Å². The van der Waals surface area contributed by atoms with Crippen LogP contribution >= 0.6 is 0 Å². The van der Waals surface area contributed by atoms with Crippen molar-refractivity contribution in [3.8, 4) is 0 Å². The summed E-state index contributed by atoms with van der Waals surface area (Å²) in [6.07, 6.45) is 2.64. The Hall–Kier alpha value is -2.62. The van der Waals surface area contributed by atoms with Crippen LogP contribution in [0.1, 0.15) is 49.3 Å². The van der Waals surface area contributed by atoms with Crippen LogP contribution < -0.4 is 0 Å². The van der Waals surface area contributed by atoms with Gasteiger partial charge in [0.25, 0.3) is 0 Å². The summed E-state index contributed by atoms with van der Waals surface area (Å²) in [5.41, 5.74) is 2.53. The fraction of sp³-hybridized carbons (Fsp3) is 0.391. The van der Waals surface area contributed by atoms with Gasteiger partial charge < -0.3 is 10.0 Å². The van der Waals surface area contributed by atoms with E-state index in [4.69, 9.17) is 0 Å². The molecule has 0 saturated carbocycles. The zero-order valence-electron chi connectivity index (χ0n) is 16.0. The van der Waals surface area contributed by atoms with E-state index in [1.54, 1.807) is 4.90 Å². The van der Waals surface area contributed by atoms with E-state index < -0.39 is 17.3 Å². The Morgan fingerprint density at radius 3 is 2.44 bits per heavy atom. The van der Waals surface area contributed by atoms with Crippen molar-refractivity contribution < 1.29 is 14.7 Å². The van der Waals surface area contributed by atoms with Gasteiger partial charge in [-0.25, -0.2) is 0 Å². The Bertz CT molecular complexity index is 813. The fourth-order valence-electron chi connectivity index (χ4n) is 3.89. The molecule has 1 atom stereocenters. The Labute approximate surface area is 160 Å². The first-order valence-electron chi connectivity index (χ1n) is 9.52. The molecular weight excluding hydrogens is 338 g/mol. The van der Waals surface area contributed by atoms with Crippen molar-refractivity contribution in [3.05, 3.63) is 71.3 Å². The minimum Gasteiger partial charge on any atom is -0.481 e. The van der Waals surface area contributed by atoms with Gasteiger partial charge in [0, 0.05) is 18.5 Å². The molecule has 0 bridgehead atoms. The highest BCUT2D eigenvalue weighted by molar-refractivity contribution is 5.84. The highest BCUT2D eigenvalue weighted by Crippen LogP contribution is 2.33. The molecule has 0 fully saturated rings. The number of carbonyl (C=O) groups excluding carboxylic acids is 1. The number of fused-ring (bicyclic) bond motifs is 1. The molecule has 4 nitrogen and oxygen atoms in total. The van der Waals surface area contributed by atoms with E-state index in [2.05, 4.69) is 12.1 Å². The number of aryl methyl sites for hydroxylation is 1. The van der Waals surface area contributed by atoms with Crippen molar-refractivity contribution >= 4 is 11.9 Å². The third-order valence-electron chi connectivity index (χ3n) is 5.47. The van der Waals surface area contributed by atoms with Crippen molar-refractivity contribution in [1.29, 1.82) is 0 Å². The van der Waals surface area contributed by atoms with E-state index in [9.17, 15) is 14.7 Å². The molecule has 1 amide bonds. The van der Waals surface area contributed by atoms with E-state index in [0.29, 0.717) is 6.54 Å². The number of carboxylic acids is 1. The van der Waals surface area contributed by atoms with Gasteiger partial charge in [-0.15, -0.1) is 0 Å². The molecule has 1 heterocycles. The number of carboxylic acid groups (broad SMARTS) is 1. The van der Waals surface area contributed by atoms with Crippen molar-refractivity contribution in [2.75, 3.05) is 6.54 Å². The van der Waals surface area contributed by atoms with E-state index in [0.717, 1.165) is 30.4 Å². The highest BCUT2D eigenvalue weighted by Gasteiger charge is 2.37. The maximum absolute atomic E-state index is 13.2. The van der Waals surface area contributed by atoms with Crippen LogP contribution in [0.25, 0.3) is 0 Å². The first-order chi connectivity index (χ1) is 12.9. The van der Waals surface area contributed by atoms with Gasteiger partial charge in [-0.05, 0) is 36.0 Å². The fourth-order valence-corrected chi connectivity index (χ4v) is 3.89. The monoisotopic (exact) mass is 365 g/mol. The molecular formula is C23H27NO3. The lowest BCUT2D eigenvalue weighted by atomic mass is 9.83. The standard InChI is InChI=1S/C23H27NO3/c1-23(2,14-8-11-17-9-4-3-5-10-17)22(27)24-15-18-12-6-7-13-19(18)20(16-24)21(25)26/h3-7,9-10,12-13,20H,8,11,14-16H2,1-2H3,(H,25,26). The normalized spacial score (nSPS) is 16.7. The van der Waals surface area contributed by atoms with Gasteiger partial charge in [0.15, 0.2) is 0 Å². The topological polar surface area (TPSA) is 57.6 Å². The van der Waals surface area contributed by atoms with Crippen molar-refractivity contribution in [2.24, 2.45) is 5.41 Å². The highest BCUT2D eigenvalue weighted by atomic mass is 16.4. The van der Waals surface area contributed by atoms with E-state index in [1.165, 1.54) is 5.56 Å². The molecule has 1 N–H and O–H groups in total. The molecule has 0 saturated heterocycles. The predicted octanol–water partition coefficient (Wildman–Crippen LogP) is 4.25. The molecule has 1 unspecified atom stereocenters. The molecule has 3 rings (SSSR count). The summed E-state index contributed by atoms with van der Waals surface area (Å²) < 4.78 is 0. The van der Waals surface area contributed by atoms with Gasteiger partial charge in [-0.2, -0.15) is 0 Å². The molecule has 142 valence electrons. The van der Waals surface area contributed by atoms with E-state index >= 15 is 0 Å². The summed E-state index contributed by atoms with van der Waals surface area (Å²) in [5.74, 6) is -1.49. The van der Waals surface area contributed by atoms with Crippen LogP contribution in [-0.2, 0) is 22.6 Å². The molecule has 27 heavy (non-hydrogen) atoms. The Morgan fingerprint density at radius 1 is 1.07 bits per heavy atom. The van der Waals surface area contributed by atoms with Gasteiger partial charge in [0.2, 0.25) is 5.91 Å². The zero-order valence-corrected chi connectivity index (χ0v) is 16.0. The minimum atomic E-state index is -0.873. The zero-order chi connectivity index (χ0) is 19.4. The first kappa shape index (κ1) is 19.2. The number of carbonyl (C=O) groups is 2. The Kier molecular flexibility index (Phi) is 5.64. The summed E-state index contributed by atoms with van der Waals surface area (Å²) in [6.45, 7) is 4.67. The van der Waals surface area contributed by atoms with Crippen LogP contribution in [0.2, 0.25) is 0 Å². The third kappa shape index (κ3) is 4.38. The summed E-state index contributed by atoms with van der Waals surface area (Å²) in [4.78, 5) is 26.6. The number of nitrogens with zero attached hydrogens (tertiary/aromatic N) is 1. The molecule has 1 aliphatic rings. The molecule has 1 aliphatic heterocycles. The summed E-state index contributed by atoms with van der Waals surface area (Å²) in [5, 5.41) is 9.62. The minimum absolute atomic E-state index is 0.0383. The molecule has 4 heteroatoms. The first-order valence-corrected chi connectivity index (χ1v) is 9.52. The van der Waals surface area contributed by atoms with Crippen LogP contribution in [0.3, 0.4) is 0 Å². The molecule has 0 aromatic heterocycles. The number of hydrogen-bond acceptors (Lipinski definition) is 2. The van der Waals surface area contributed by atoms with Crippen molar-refractivity contribution in [2.45, 2.75) is 45.6 Å². The van der Waals surface area contributed by atoms with Crippen LogP contribution in [0.4, 0.5) is 0 Å². The number of benzene rings is 2. The van der Waals surface area contributed by atoms with Crippen molar-refractivity contribution in [3.63, 3.8) is 0 Å². The summed E-state index contributed by atoms with van der Waals surface area (Å²) in [7, 11) is 0. The van der Waals surface area contributed by atoms with Gasteiger partial charge in [0.05, 0.1) is 5.92 Å². The second-order valence-corrected chi connectivity index (χ2v) is 8.00. The number of amides is 1. The predicted molar refractivity (Wildman–Crippen MR) is 105 cm³/mol. The average Bonchev–Trinajstić information content (AvgIpc) is 2.67. The number of rotatable bonds is 6. The van der Waals surface area contributed by atoms with Crippen molar-refractivity contribution in [1.82, 2.24) is 4.90 Å². The lowest BCUT2D eigenvalue weighted by molar-refractivity contribution is -0.145.